The van der Waals surface area contributed by atoms with Gasteiger partial charge in [-0.2, -0.15) is 0 Å². The van der Waals surface area contributed by atoms with E-state index in [1.54, 1.807) is 0 Å². The Hall–Kier alpha value is -0.370. The maximum atomic E-state index is 12.7. The summed E-state index contributed by atoms with van der Waals surface area (Å²) in [6, 6.07) is 0. The summed E-state index contributed by atoms with van der Waals surface area (Å²) >= 11 is 0. The van der Waals surface area contributed by atoms with Crippen molar-refractivity contribution in [3.63, 3.8) is 0 Å². The topological polar surface area (TPSA) is 20.3 Å². The number of hydrogen-bond donors (Lipinski definition) is 0. The lowest BCUT2D eigenvalue weighted by molar-refractivity contribution is -0.123. The molecule has 0 heterocycles. The molecule has 1 atom stereocenters. The molecule has 0 aliphatic heterocycles. The minimum absolute atomic E-state index is 0.323. The summed E-state index contributed by atoms with van der Waals surface area (Å²) in [4.78, 5) is 15.0. The van der Waals surface area contributed by atoms with E-state index in [1.165, 1.54) is 180 Å². The fraction of sp³-hybridized carbons (Fsp3) is 0.975. The molecule has 252 valence electrons. The first-order valence-corrected chi connectivity index (χ1v) is 19.7. The molecular formula is C40H81NO. The highest BCUT2D eigenvalue weighted by atomic mass is 16.1. The average molecular weight is 592 g/mol. The van der Waals surface area contributed by atoms with E-state index in [1.807, 2.05) is 0 Å². The van der Waals surface area contributed by atoms with Crippen LogP contribution in [0.3, 0.4) is 0 Å². The van der Waals surface area contributed by atoms with E-state index in [0.29, 0.717) is 11.7 Å². The van der Waals surface area contributed by atoms with E-state index in [-0.39, 0.29) is 0 Å². The van der Waals surface area contributed by atoms with Gasteiger partial charge in [0, 0.05) is 12.3 Å². The van der Waals surface area contributed by atoms with Gasteiger partial charge in [-0.05, 0) is 52.2 Å². The quantitative estimate of drug-likeness (QED) is 0.0683. The molecule has 0 aromatic rings. The number of carbonyl (C=O) groups excluding carboxylic acids is 1. The molecule has 0 aliphatic rings. The van der Waals surface area contributed by atoms with Gasteiger partial charge in [-0.1, -0.05) is 188 Å². The zero-order chi connectivity index (χ0) is 30.9. The second kappa shape index (κ2) is 33.5. The lowest BCUT2D eigenvalue weighted by atomic mass is 9.89. The van der Waals surface area contributed by atoms with E-state index < -0.39 is 0 Å². The van der Waals surface area contributed by atoms with Crippen LogP contribution >= 0.6 is 0 Å². The Labute approximate surface area is 267 Å². The Bertz CT molecular complexity index is 510. The van der Waals surface area contributed by atoms with Gasteiger partial charge in [0.25, 0.3) is 0 Å². The normalized spacial score (nSPS) is 12.5. The summed E-state index contributed by atoms with van der Waals surface area (Å²) < 4.78 is 0. The highest BCUT2D eigenvalue weighted by Crippen LogP contribution is 2.25. The van der Waals surface area contributed by atoms with Crippen molar-refractivity contribution in [2.24, 2.45) is 11.8 Å². The average Bonchev–Trinajstić information content (AvgIpc) is 2.98. The number of nitrogens with zero attached hydrogens (tertiary/aromatic N) is 1. The smallest absolute Gasteiger partial charge is 0.135 e. The molecule has 0 aliphatic carbocycles. The van der Waals surface area contributed by atoms with Gasteiger partial charge in [-0.15, -0.1) is 0 Å². The van der Waals surface area contributed by atoms with Crippen molar-refractivity contribution in [1.29, 1.82) is 0 Å². The first-order chi connectivity index (χ1) is 20.5. The maximum absolute atomic E-state index is 12.7. The molecule has 0 spiro atoms. The Morgan fingerprint density at radius 1 is 0.452 bits per heavy atom. The first-order valence-electron chi connectivity index (χ1n) is 19.7. The van der Waals surface area contributed by atoms with Crippen LogP contribution in [0.15, 0.2) is 0 Å². The van der Waals surface area contributed by atoms with E-state index in [9.17, 15) is 4.79 Å². The van der Waals surface area contributed by atoms with Crippen LogP contribution in [0.25, 0.3) is 0 Å². The third-order valence-electron chi connectivity index (χ3n) is 9.82. The van der Waals surface area contributed by atoms with Gasteiger partial charge in [0.1, 0.15) is 5.78 Å². The van der Waals surface area contributed by atoms with Crippen molar-refractivity contribution in [2.45, 2.75) is 220 Å². The van der Waals surface area contributed by atoms with Gasteiger partial charge in [0.05, 0.1) is 0 Å². The molecule has 0 unspecified atom stereocenters. The molecule has 0 aromatic heterocycles. The molecule has 2 nitrogen and oxygen atoms in total. The van der Waals surface area contributed by atoms with Gasteiger partial charge >= 0.3 is 0 Å². The van der Waals surface area contributed by atoms with Gasteiger partial charge in [-0.3, -0.25) is 4.79 Å². The Kier molecular flexibility index (Phi) is 33.2. The monoisotopic (exact) mass is 592 g/mol. The second-order valence-electron chi connectivity index (χ2n) is 14.3. The van der Waals surface area contributed by atoms with Crippen LogP contribution in [0.5, 0.6) is 0 Å². The number of Topliss-reactive ketones (excluding diaryl/α,β-unsaturated/α-hetero) is 1. The Balaban J connectivity index is 4.03. The molecule has 0 radical (unpaired) electrons. The summed E-state index contributed by atoms with van der Waals surface area (Å²) in [6.07, 6.45) is 42.2. The van der Waals surface area contributed by atoms with Crippen LogP contribution in [0.4, 0.5) is 0 Å². The molecule has 0 saturated heterocycles. The zero-order valence-electron chi connectivity index (χ0n) is 30.1. The van der Waals surface area contributed by atoms with Crippen molar-refractivity contribution in [3.8, 4) is 0 Å². The van der Waals surface area contributed by atoms with Crippen LogP contribution in [0.1, 0.15) is 220 Å². The van der Waals surface area contributed by atoms with Crippen LogP contribution in [0.2, 0.25) is 0 Å². The summed E-state index contributed by atoms with van der Waals surface area (Å²) in [5.41, 5.74) is 0. The number of unbranched alkanes of at least 4 members (excludes halogenated alkanes) is 21. The van der Waals surface area contributed by atoms with Crippen LogP contribution in [-0.2, 0) is 4.79 Å². The van der Waals surface area contributed by atoms with Crippen molar-refractivity contribution in [2.75, 3.05) is 20.6 Å². The van der Waals surface area contributed by atoms with Crippen LogP contribution in [-0.4, -0.2) is 31.3 Å². The Morgan fingerprint density at radius 3 is 1.21 bits per heavy atom. The molecule has 0 fully saturated rings. The minimum atomic E-state index is 0.323. The largest absolute Gasteiger partial charge is 0.309 e. The fourth-order valence-corrected chi connectivity index (χ4v) is 6.80. The van der Waals surface area contributed by atoms with Crippen LogP contribution in [0, 0.1) is 11.8 Å². The Morgan fingerprint density at radius 2 is 0.810 bits per heavy atom. The minimum Gasteiger partial charge on any atom is -0.309 e. The van der Waals surface area contributed by atoms with Crippen LogP contribution < -0.4 is 0 Å². The first kappa shape index (κ1) is 41.6. The third kappa shape index (κ3) is 29.7. The summed E-state index contributed by atoms with van der Waals surface area (Å²) in [6.45, 7) is 8.01. The molecule has 42 heavy (non-hydrogen) atoms. The van der Waals surface area contributed by atoms with Crippen molar-refractivity contribution < 1.29 is 4.79 Å². The molecule has 2 heteroatoms. The lowest BCUT2D eigenvalue weighted by Gasteiger charge is -2.17. The van der Waals surface area contributed by atoms with E-state index >= 15 is 0 Å². The van der Waals surface area contributed by atoms with E-state index in [0.717, 1.165) is 31.6 Å². The summed E-state index contributed by atoms with van der Waals surface area (Å²) in [5, 5.41) is 0. The molecule has 0 aromatic carbocycles. The van der Waals surface area contributed by atoms with E-state index in [2.05, 4.69) is 39.8 Å². The maximum Gasteiger partial charge on any atom is 0.135 e. The zero-order valence-corrected chi connectivity index (χ0v) is 30.1. The molecule has 0 N–H and O–H groups in total. The molecular weight excluding hydrogens is 510 g/mol. The van der Waals surface area contributed by atoms with Crippen molar-refractivity contribution >= 4 is 5.78 Å². The number of carbonyl (C=O) groups is 1. The molecule has 0 rings (SSSR count). The lowest BCUT2D eigenvalue weighted by Crippen LogP contribution is -2.15. The molecule has 0 saturated carbocycles. The number of ketones is 1. The van der Waals surface area contributed by atoms with Gasteiger partial charge in [0.15, 0.2) is 0 Å². The summed E-state index contributed by atoms with van der Waals surface area (Å²) in [7, 11) is 4.29. The predicted octanol–water partition coefficient (Wildman–Crippen LogP) is 13.5. The van der Waals surface area contributed by atoms with Gasteiger partial charge in [0.2, 0.25) is 0 Å². The standard InChI is InChI=1S/C40H81NO/c1-6-9-11-13-15-17-21-26-32-38(33-27-22-18-16-14-12-10-7-2)34-28-23-19-20-24-30-36-40(42)39(8-3)35-29-25-31-37-41(4)5/h38-39H,6-37H2,1-5H3/t39-/m1/s1. The van der Waals surface area contributed by atoms with Crippen molar-refractivity contribution in [1.82, 2.24) is 4.90 Å². The van der Waals surface area contributed by atoms with Gasteiger partial charge in [-0.25, -0.2) is 0 Å². The van der Waals surface area contributed by atoms with Crippen molar-refractivity contribution in [3.05, 3.63) is 0 Å². The molecule has 0 bridgehead atoms. The second-order valence-corrected chi connectivity index (χ2v) is 14.3. The van der Waals surface area contributed by atoms with E-state index in [4.69, 9.17) is 0 Å². The fourth-order valence-electron chi connectivity index (χ4n) is 6.80. The molecule has 0 amide bonds. The SMILES string of the molecule is CCCCCCCCCCC(CCCCCCCCCC)CCCCCCCCC(=O)[C@H](CC)CCCCCN(C)C. The number of rotatable bonds is 35. The van der Waals surface area contributed by atoms with Gasteiger partial charge < -0.3 is 4.90 Å². The predicted molar refractivity (Wildman–Crippen MR) is 191 cm³/mol. The number of hydrogen-bond acceptors (Lipinski definition) is 2. The summed E-state index contributed by atoms with van der Waals surface area (Å²) in [5.74, 6) is 1.86. The highest BCUT2D eigenvalue weighted by molar-refractivity contribution is 5.80. The third-order valence-corrected chi connectivity index (χ3v) is 9.82. The highest BCUT2D eigenvalue weighted by Gasteiger charge is 2.15.